The number of nitro groups is 1. The first-order valence-corrected chi connectivity index (χ1v) is 11.6. The Morgan fingerprint density at radius 2 is 1.52 bits per heavy atom. The van der Waals surface area contributed by atoms with Crippen LogP contribution in [-0.4, -0.2) is 27.5 Å². The molecule has 8 heteroatoms. The average molecular weight is 461 g/mol. The number of benzene rings is 3. The number of non-ortho nitro benzene ring substituents is 1. The molecule has 0 radical (unpaired) electrons. The Bertz CT molecular complexity index is 1210. The molecule has 1 amide bonds. The lowest BCUT2D eigenvalue weighted by Crippen LogP contribution is -2.62. The van der Waals surface area contributed by atoms with Crippen LogP contribution in [0.3, 0.4) is 0 Å². The molecule has 4 heterocycles. The summed E-state index contributed by atoms with van der Waals surface area (Å²) < 4.78 is 13.0. The lowest BCUT2D eigenvalue weighted by Gasteiger charge is -2.54. The summed E-state index contributed by atoms with van der Waals surface area (Å²) >= 11 is 1.51. The Kier molecular flexibility index (Phi) is 4.76. The number of nitro benzene ring substituents is 1. The summed E-state index contributed by atoms with van der Waals surface area (Å²) in [5.41, 5.74) is 2.75. The Labute approximate surface area is 194 Å². The minimum absolute atomic E-state index is 0.000998. The molecule has 0 N–H and O–H groups in total. The van der Waals surface area contributed by atoms with E-state index in [9.17, 15) is 14.9 Å². The van der Waals surface area contributed by atoms with Gasteiger partial charge in [0.2, 0.25) is 5.91 Å². The Hall–Kier alpha value is -3.20. The fourth-order valence-corrected chi connectivity index (χ4v) is 6.52. The number of rotatable bonds is 4. The summed E-state index contributed by atoms with van der Waals surface area (Å²) in [6.45, 7) is 0.417. The van der Waals surface area contributed by atoms with Crippen molar-refractivity contribution in [1.29, 1.82) is 0 Å². The molecule has 4 aliphatic heterocycles. The Balaban J connectivity index is 1.42. The lowest BCUT2D eigenvalue weighted by atomic mass is 9.86. The lowest BCUT2D eigenvalue weighted by molar-refractivity contribution is -0.384. The van der Waals surface area contributed by atoms with Gasteiger partial charge in [-0.1, -0.05) is 72.4 Å². The average Bonchev–Trinajstić information content (AvgIpc) is 3.25. The van der Waals surface area contributed by atoms with Crippen LogP contribution in [0.15, 0.2) is 84.9 Å². The molecule has 7 rings (SSSR count). The molecule has 5 atom stereocenters. The van der Waals surface area contributed by atoms with Crippen LogP contribution in [-0.2, 0) is 14.3 Å². The van der Waals surface area contributed by atoms with Crippen LogP contribution in [0.25, 0.3) is 0 Å². The predicted molar refractivity (Wildman–Crippen MR) is 122 cm³/mol. The summed E-state index contributed by atoms with van der Waals surface area (Å²) in [7, 11) is 0. The number of ether oxygens (including phenoxy) is 2. The van der Waals surface area contributed by atoms with E-state index < -0.39 is 22.2 Å². The van der Waals surface area contributed by atoms with Crippen LogP contribution >= 0.6 is 11.8 Å². The van der Waals surface area contributed by atoms with E-state index in [4.69, 9.17) is 9.47 Å². The third-order valence-electron chi connectivity index (χ3n) is 6.46. The highest BCUT2D eigenvalue weighted by molar-refractivity contribution is 8.00. The first kappa shape index (κ1) is 20.4. The monoisotopic (exact) mass is 460 g/mol. The highest BCUT2D eigenvalue weighted by Crippen LogP contribution is 2.64. The van der Waals surface area contributed by atoms with Crippen molar-refractivity contribution < 1.29 is 19.2 Å². The van der Waals surface area contributed by atoms with Crippen LogP contribution in [0.2, 0.25) is 0 Å². The number of nitrogens with zero attached hydrogens (tertiary/aromatic N) is 2. The molecule has 0 aromatic heterocycles. The number of fused-ring (bicyclic) bond motifs is 2. The van der Waals surface area contributed by atoms with Crippen molar-refractivity contribution in [3.63, 3.8) is 0 Å². The van der Waals surface area contributed by atoms with E-state index in [0.29, 0.717) is 6.54 Å². The van der Waals surface area contributed by atoms with Crippen molar-refractivity contribution in [1.82, 2.24) is 4.90 Å². The standard InChI is InChI=1S/C25H20N2O5S/c28-24-21-22(17-11-13-19(14-12-17)27(29)30)32-25(33-23(21)18-9-5-2-6-10-18)26(24)15-20(31-25)16-7-3-1-4-8-16/h1-14,20-23H,15H2/t20-,21-,22-,23-,25+/m0/s1. The van der Waals surface area contributed by atoms with Crippen LogP contribution in [0, 0.1) is 16.0 Å². The molecule has 4 saturated heterocycles. The molecule has 4 fully saturated rings. The van der Waals surface area contributed by atoms with Gasteiger partial charge in [0.05, 0.1) is 22.6 Å². The van der Waals surface area contributed by atoms with Crippen molar-refractivity contribution in [2.24, 2.45) is 5.92 Å². The third kappa shape index (κ3) is 3.25. The molecular weight excluding hydrogens is 440 g/mol. The second kappa shape index (κ2) is 7.69. The van der Waals surface area contributed by atoms with Crippen molar-refractivity contribution in [3.8, 4) is 0 Å². The van der Waals surface area contributed by atoms with Gasteiger partial charge in [0.25, 0.3) is 5.69 Å². The van der Waals surface area contributed by atoms with E-state index in [1.807, 2.05) is 60.7 Å². The number of thioether (sulfide) groups is 1. The molecule has 0 unspecified atom stereocenters. The minimum Gasteiger partial charge on any atom is -0.315 e. The number of carbonyl (C=O) groups excluding carboxylic acids is 1. The van der Waals surface area contributed by atoms with E-state index in [-0.39, 0.29) is 22.9 Å². The van der Waals surface area contributed by atoms with Gasteiger partial charge in [-0.3, -0.25) is 19.8 Å². The summed E-state index contributed by atoms with van der Waals surface area (Å²) in [6.07, 6.45) is -0.871. The fourth-order valence-electron chi connectivity index (χ4n) is 4.88. The zero-order valence-electron chi connectivity index (χ0n) is 17.4. The SMILES string of the molecule is O=C1[C@H]2[C@H](c3ccc([N+](=O)[O-])cc3)O[C@@]3(O[C@H](c4ccccc4)CN13)S[C@H]2c1ccccc1. The molecule has 0 aliphatic carbocycles. The van der Waals surface area contributed by atoms with Gasteiger partial charge in [-0.15, -0.1) is 0 Å². The molecule has 1 spiro atoms. The largest absolute Gasteiger partial charge is 0.315 e. The third-order valence-corrected chi connectivity index (χ3v) is 7.99. The highest BCUT2D eigenvalue weighted by Gasteiger charge is 2.67. The maximum atomic E-state index is 13.8. The Morgan fingerprint density at radius 1 is 0.879 bits per heavy atom. The summed E-state index contributed by atoms with van der Waals surface area (Å²) in [5.74, 6) is -0.491. The van der Waals surface area contributed by atoms with Gasteiger partial charge >= 0.3 is 5.24 Å². The second-order valence-electron chi connectivity index (χ2n) is 8.35. The molecule has 4 aliphatic rings. The number of hydrogen-bond acceptors (Lipinski definition) is 6. The quantitative estimate of drug-likeness (QED) is 0.403. The number of hydrogen-bond donors (Lipinski definition) is 0. The highest BCUT2D eigenvalue weighted by atomic mass is 32.2. The van der Waals surface area contributed by atoms with E-state index >= 15 is 0 Å². The van der Waals surface area contributed by atoms with E-state index in [1.54, 1.807) is 17.0 Å². The minimum atomic E-state index is -1.25. The van der Waals surface area contributed by atoms with Gasteiger partial charge in [-0.25, -0.2) is 0 Å². The zero-order valence-corrected chi connectivity index (χ0v) is 18.3. The summed E-state index contributed by atoms with van der Waals surface area (Å²) in [5, 5.41) is 9.70. The first-order valence-electron chi connectivity index (χ1n) is 10.7. The molecule has 33 heavy (non-hydrogen) atoms. The van der Waals surface area contributed by atoms with E-state index in [1.165, 1.54) is 23.9 Å². The van der Waals surface area contributed by atoms with Crippen molar-refractivity contribution in [2.45, 2.75) is 22.7 Å². The molecule has 166 valence electrons. The van der Waals surface area contributed by atoms with Gasteiger partial charge in [0.1, 0.15) is 12.2 Å². The molecule has 0 saturated carbocycles. The molecule has 3 aromatic rings. The van der Waals surface area contributed by atoms with Gasteiger partial charge in [0.15, 0.2) is 0 Å². The molecule has 3 aromatic carbocycles. The van der Waals surface area contributed by atoms with Crippen LogP contribution < -0.4 is 0 Å². The maximum Gasteiger partial charge on any atom is 0.309 e. The van der Waals surface area contributed by atoms with Crippen molar-refractivity contribution in [3.05, 3.63) is 112 Å². The molecule has 2 bridgehead atoms. The smallest absolute Gasteiger partial charge is 0.309 e. The number of carbonyl (C=O) groups is 1. The second-order valence-corrected chi connectivity index (χ2v) is 9.61. The molecule has 7 nitrogen and oxygen atoms in total. The van der Waals surface area contributed by atoms with E-state index in [0.717, 1.165) is 16.7 Å². The maximum absolute atomic E-state index is 13.8. The normalized spacial score (nSPS) is 30.3. The topological polar surface area (TPSA) is 81.9 Å². The van der Waals surface area contributed by atoms with Gasteiger partial charge in [-0.2, -0.15) is 0 Å². The molecular formula is C25H20N2O5S. The van der Waals surface area contributed by atoms with E-state index in [2.05, 4.69) is 0 Å². The first-order chi connectivity index (χ1) is 16.1. The van der Waals surface area contributed by atoms with Crippen molar-refractivity contribution in [2.75, 3.05) is 6.54 Å². The van der Waals surface area contributed by atoms with Gasteiger partial charge in [0, 0.05) is 12.1 Å². The zero-order chi connectivity index (χ0) is 22.6. The van der Waals surface area contributed by atoms with Gasteiger partial charge < -0.3 is 9.47 Å². The summed E-state index contributed by atoms with van der Waals surface area (Å²) in [6, 6.07) is 26.0. The van der Waals surface area contributed by atoms with Crippen LogP contribution in [0.1, 0.15) is 34.1 Å². The van der Waals surface area contributed by atoms with Crippen LogP contribution in [0.4, 0.5) is 5.69 Å². The van der Waals surface area contributed by atoms with Gasteiger partial charge in [-0.05, 0) is 28.8 Å². The predicted octanol–water partition coefficient (Wildman–Crippen LogP) is 4.98. The number of amides is 1. The fraction of sp³-hybridized carbons (Fsp3) is 0.240. The van der Waals surface area contributed by atoms with Crippen molar-refractivity contribution >= 4 is 23.4 Å². The summed E-state index contributed by atoms with van der Waals surface area (Å²) in [4.78, 5) is 26.2. The van der Waals surface area contributed by atoms with Crippen LogP contribution in [0.5, 0.6) is 0 Å². The Morgan fingerprint density at radius 3 is 2.15 bits per heavy atom.